The van der Waals surface area contributed by atoms with Gasteiger partial charge in [-0.15, -0.1) is 0 Å². The lowest BCUT2D eigenvalue weighted by molar-refractivity contribution is -0.384. The number of benzene rings is 2. The van der Waals surface area contributed by atoms with Gasteiger partial charge in [0.15, 0.2) is 11.7 Å². The van der Waals surface area contributed by atoms with Gasteiger partial charge in [-0.05, 0) is 56.0 Å². The van der Waals surface area contributed by atoms with Crippen LogP contribution in [0.5, 0.6) is 0 Å². The number of rotatable bonds is 12. The van der Waals surface area contributed by atoms with E-state index in [1.165, 1.54) is 12.1 Å². The van der Waals surface area contributed by atoms with Crippen LogP contribution in [0.15, 0.2) is 48.5 Å². The second kappa shape index (κ2) is 12.5. The highest BCUT2D eigenvalue weighted by atomic mass is 16.6. The molecule has 0 fully saturated rings. The van der Waals surface area contributed by atoms with Gasteiger partial charge in [0.1, 0.15) is 0 Å². The van der Waals surface area contributed by atoms with Gasteiger partial charge in [-0.2, -0.15) is 0 Å². The van der Waals surface area contributed by atoms with Gasteiger partial charge in [0.05, 0.1) is 18.1 Å². The first-order valence-electron chi connectivity index (χ1n) is 11.0. The van der Waals surface area contributed by atoms with Crippen molar-refractivity contribution in [2.24, 2.45) is 11.8 Å². The van der Waals surface area contributed by atoms with Gasteiger partial charge in [0.25, 0.3) is 5.69 Å². The summed E-state index contributed by atoms with van der Waals surface area (Å²) in [7, 11) is 3.78. The summed E-state index contributed by atoms with van der Waals surface area (Å²) in [5, 5.41) is 11.0. The number of nitro groups is 1. The lowest BCUT2D eigenvalue weighted by atomic mass is 9.82. The van der Waals surface area contributed by atoms with E-state index in [0.29, 0.717) is 11.1 Å². The molecular formula is C25H30N2O7. The molecular weight excluding hydrogens is 440 g/mol. The third-order valence-electron chi connectivity index (χ3n) is 5.35. The van der Waals surface area contributed by atoms with Gasteiger partial charge >= 0.3 is 11.9 Å². The van der Waals surface area contributed by atoms with Crippen LogP contribution in [-0.4, -0.2) is 50.0 Å². The van der Waals surface area contributed by atoms with E-state index >= 15 is 0 Å². The summed E-state index contributed by atoms with van der Waals surface area (Å²) in [5.41, 5.74) is 1.94. The van der Waals surface area contributed by atoms with E-state index in [2.05, 4.69) is 0 Å². The Morgan fingerprint density at radius 3 is 1.88 bits per heavy atom. The highest BCUT2D eigenvalue weighted by Gasteiger charge is 2.38. The first kappa shape index (κ1) is 26.5. The van der Waals surface area contributed by atoms with Gasteiger partial charge in [0, 0.05) is 43.9 Å². The summed E-state index contributed by atoms with van der Waals surface area (Å²) in [5.74, 6) is -3.83. The Bertz CT molecular complexity index is 983. The number of esters is 2. The second-order valence-electron chi connectivity index (χ2n) is 7.94. The van der Waals surface area contributed by atoms with Crippen LogP contribution in [0.4, 0.5) is 11.4 Å². The number of ether oxygens (including phenoxy) is 2. The van der Waals surface area contributed by atoms with Crippen LogP contribution in [0.2, 0.25) is 0 Å². The summed E-state index contributed by atoms with van der Waals surface area (Å²) in [6.45, 7) is 3.39. The van der Waals surface area contributed by atoms with E-state index in [1.807, 2.05) is 31.1 Å². The van der Waals surface area contributed by atoms with E-state index in [1.54, 1.807) is 38.1 Å². The third-order valence-corrected chi connectivity index (χ3v) is 5.35. The van der Waals surface area contributed by atoms with Crippen molar-refractivity contribution in [2.75, 3.05) is 32.2 Å². The van der Waals surface area contributed by atoms with Gasteiger partial charge in [-0.1, -0.05) is 12.1 Å². The quantitative estimate of drug-likeness (QED) is 0.151. The summed E-state index contributed by atoms with van der Waals surface area (Å²) in [4.78, 5) is 51.0. The Hall–Kier alpha value is -3.75. The van der Waals surface area contributed by atoms with E-state index in [-0.39, 0.29) is 37.5 Å². The molecule has 0 saturated carbocycles. The van der Waals surface area contributed by atoms with Crippen molar-refractivity contribution in [2.45, 2.75) is 26.7 Å². The molecule has 182 valence electrons. The van der Waals surface area contributed by atoms with Crippen LogP contribution in [0.1, 0.15) is 36.2 Å². The number of hydrogen-bond donors (Lipinski definition) is 0. The van der Waals surface area contributed by atoms with Gasteiger partial charge in [-0.3, -0.25) is 24.5 Å². The van der Waals surface area contributed by atoms with Gasteiger partial charge in [0.2, 0.25) is 0 Å². The summed E-state index contributed by atoms with van der Waals surface area (Å²) in [6, 6.07) is 12.8. The molecule has 0 heterocycles. The average Bonchev–Trinajstić information content (AvgIpc) is 2.80. The number of nitrogens with zero attached hydrogens (tertiary/aromatic N) is 2. The lowest BCUT2D eigenvalue weighted by Gasteiger charge is -2.24. The normalized spacial score (nSPS) is 11.6. The van der Waals surface area contributed by atoms with Crippen molar-refractivity contribution < 1.29 is 28.8 Å². The molecule has 0 radical (unpaired) electrons. The Morgan fingerprint density at radius 1 is 0.912 bits per heavy atom. The molecule has 0 aliphatic heterocycles. The number of Topliss-reactive ketones (excluding diaryl/α,β-unsaturated/α-hetero) is 1. The zero-order valence-electron chi connectivity index (χ0n) is 19.9. The second-order valence-corrected chi connectivity index (χ2v) is 7.94. The predicted octanol–water partition coefficient (Wildman–Crippen LogP) is 3.83. The maximum absolute atomic E-state index is 13.1. The molecule has 2 aromatic carbocycles. The number of carbonyl (C=O) groups excluding carboxylic acids is 3. The maximum Gasteiger partial charge on any atom is 0.320 e. The number of hydrogen-bond acceptors (Lipinski definition) is 8. The molecule has 0 saturated heterocycles. The number of anilines is 1. The van der Waals surface area contributed by atoms with E-state index in [9.17, 15) is 24.5 Å². The first-order valence-corrected chi connectivity index (χ1v) is 11.0. The van der Waals surface area contributed by atoms with E-state index in [0.717, 1.165) is 5.69 Å². The van der Waals surface area contributed by atoms with Crippen molar-refractivity contribution in [3.63, 3.8) is 0 Å². The minimum atomic E-state index is -1.31. The average molecular weight is 471 g/mol. The fourth-order valence-corrected chi connectivity index (χ4v) is 3.61. The molecule has 2 rings (SSSR count). The molecule has 1 atom stereocenters. The Balaban J connectivity index is 2.38. The Morgan fingerprint density at radius 2 is 1.44 bits per heavy atom. The number of nitro benzene ring substituents is 1. The summed E-state index contributed by atoms with van der Waals surface area (Å²) >= 11 is 0. The minimum absolute atomic E-state index is 0.0684. The summed E-state index contributed by atoms with van der Waals surface area (Å²) in [6.07, 6.45) is 0.0441. The predicted molar refractivity (Wildman–Crippen MR) is 127 cm³/mol. The van der Waals surface area contributed by atoms with Crippen molar-refractivity contribution in [3.05, 3.63) is 69.8 Å². The third kappa shape index (κ3) is 7.13. The smallest absolute Gasteiger partial charge is 0.320 e. The lowest BCUT2D eigenvalue weighted by Crippen LogP contribution is -2.36. The zero-order valence-corrected chi connectivity index (χ0v) is 19.9. The number of non-ortho nitro benzene ring substituents is 1. The fourth-order valence-electron chi connectivity index (χ4n) is 3.61. The Labute approximate surface area is 198 Å². The monoisotopic (exact) mass is 470 g/mol. The van der Waals surface area contributed by atoms with Crippen molar-refractivity contribution in [1.82, 2.24) is 0 Å². The molecule has 2 aromatic rings. The molecule has 34 heavy (non-hydrogen) atoms. The van der Waals surface area contributed by atoms with E-state index < -0.39 is 28.7 Å². The number of carbonyl (C=O) groups is 3. The molecule has 0 aliphatic rings. The molecule has 0 N–H and O–H groups in total. The standard InChI is InChI=1S/C25H30N2O7/c1-5-33-24(29)23(25(30)34-6-2)19(15-17-7-11-21(12-8-17)27(31)32)16-22(28)18-9-13-20(14-10-18)26(3)4/h7-14,19,23H,5-6,15-16H2,1-4H3/t19-/m0/s1. The molecule has 9 nitrogen and oxygen atoms in total. The first-order chi connectivity index (χ1) is 16.2. The SMILES string of the molecule is CCOC(=O)C(C(=O)OCC)[C@H](CC(=O)c1ccc(N(C)C)cc1)Cc1ccc([N+](=O)[O-])cc1. The molecule has 0 aromatic heterocycles. The van der Waals surface area contributed by atoms with Crippen molar-refractivity contribution in [3.8, 4) is 0 Å². The molecule has 0 amide bonds. The van der Waals surface area contributed by atoms with Gasteiger partial charge < -0.3 is 14.4 Å². The zero-order chi connectivity index (χ0) is 25.3. The molecule has 0 aliphatic carbocycles. The molecule has 0 spiro atoms. The largest absolute Gasteiger partial charge is 0.465 e. The molecule has 9 heteroatoms. The van der Waals surface area contributed by atoms with Crippen LogP contribution >= 0.6 is 0 Å². The highest BCUT2D eigenvalue weighted by molar-refractivity contribution is 5.99. The minimum Gasteiger partial charge on any atom is -0.465 e. The van der Waals surface area contributed by atoms with Gasteiger partial charge in [-0.25, -0.2) is 0 Å². The molecule has 0 unspecified atom stereocenters. The Kier molecular flexibility index (Phi) is 9.73. The fraction of sp³-hybridized carbons (Fsp3) is 0.400. The van der Waals surface area contributed by atoms with Crippen LogP contribution < -0.4 is 4.90 Å². The van der Waals surface area contributed by atoms with E-state index in [4.69, 9.17) is 9.47 Å². The van der Waals surface area contributed by atoms with Crippen molar-refractivity contribution >= 4 is 29.1 Å². The maximum atomic E-state index is 13.1. The number of ketones is 1. The topological polar surface area (TPSA) is 116 Å². The highest BCUT2D eigenvalue weighted by Crippen LogP contribution is 2.27. The van der Waals surface area contributed by atoms with Crippen LogP contribution in [0.3, 0.4) is 0 Å². The van der Waals surface area contributed by atoms with Crippen LogP contribution in [-0.2, 0) is 25.5 Å². The van der Waals surface area contributed by atoms with Crippen LogP contribution in [0.25, 0.3) is 0 Å². The van der Waals surface area contributed by atoms with Crippen molar-refractivity contribution in [1.29, 1.82) is 0 Å². The molecule has 0 bridgehead atoms. The summed E-state index contributed by atoms with van der Waals surface area (Å²) < 4.78 is 10.2. The van der Waals surface area contributed by atoms with Crippen LogP contribution in [0, 0.1) is 22.0 Å².